The first kappa shape index (κ1) is 51.9. The van der Waals surface area contributed by atoms with E-state index in [0.29, 0.717) is 24.9 Å². The zero-order chi connectivity index (χ0) is 41.5. The van der Waals surface area contributed by atoms with Gasteiger partial charge in [0.05, 0.1) is 6.10 Å². The SMILES string of the molecule is CCCCCCC(CSCCCCCC(CCCCCSCC(CCCCCC)OC(=O)CCC1CCCCC1)N(C)C1CC(O)C1)OC(=O)CCC1CCCCC1. The van der Waals surface area contributed by atoms with Gasteiger partial charge in [-0.1, -0.05) is 142 Å². The third-order valence-electron chi connectivity index (χ3n) is 13.8. The smallest absolute Gasteiger partial charge is 0.306 e. The van der Waals surface area contributed by atoms with Gasteiger partial charge in [0.25, 0.3) is 0 Å². The molecule has 0 heterocycles. The van der Waals surface area contributed by atoms with E-state index in [1.165, 1.54) is 154 Å². The number of thioether (sulfide) groups is 2. The summed E-state index contributed by atoms with van der Waals surface area (Å²) in [4.78, 5) is 28.2. The molecule has 58 heavy (non-hydrogen) atoms. The van der Waals surface area contributed by atoms with Gasteiger partial charge in [-0.05, 0) is 107 Å². The summed E-state index contributed by atoms with van der Waals surface area (Å²) in [6.45, 7) is 4.51. The zero-order valence-electron chi connectivity index (χ0n) is 38.3. The molecule has 3 fully saturated rings. The minimum absolute atomic E-state index is 0.0408. The first-order valence-electron chi connectivity index (χ1n) is 25.3. The Morgan fingerprint density at radius 1 is 0.586 bits per heavy atom. The standard InChI is InChI=1S/C50H93NO5S2/c1-4-6-8-20-30-47(55-49(53)34-32-42-24-14-10-15-25-42)40-57-36-22-12-18-28-44(51(3)45-38-46(52)39-45)29-19-13-23-37-58-41-48(31-21-9-7-5-2)56-50(54)35-33-43-26-16-11-17-27-43/h42-48,52H,4-41H2,1-3H3. The second kappa shape index (κ2) is 34.1. The molecule has 0 saturated heterocycles. The van der Waals surface area contributed by atoms with E-state index in [4.69, 9.17) is 9.47 Å². The predicted octanol–water partition coefficient (Wildman–Crippen LogP) is 13.9. The number of unbranched alkanes of at least 4 members (excludes halogenated alkanes) is 10. The van der Waals surface area contributed by atoms with Crippen LogP contribution in [0.2, 0.25) is 0 Å². The average Bonchev–Trinajstić information content (AvgIpc) is 3.22. The van der Waals surface area contributed by atoms with Gasteiger partial charge < -0.3 is 19.5 Å². The topological polar surface area (TPSA) is 76.1 Å². The maximum atomic E-state index is 12.8. The monoisotopic (exact) mass is 852 g/mol. The van der Waals surface area contributed by atoms with Crippen LogP contribution in [-0.4, -0.2) is 82.4 Å². The molecule has 0 aromatic heterocycles. The van der Waals surface area contributed by atoms with Crippen molar-refractivity contribution in [3.8, 4) is 0 Å². The highest BCUT2D eigenvalue weighted by Crippen LogP contribution is 2.31. The molecule has 8 heteroatoms. The molecule has 6 nitrogen and oxygen atoms in total. The minimum atomic E-state index is -0.111. The number of aliphatic hydroxyl groups excluding tert-OH is 1. The second-order valence-electron chi connectivity index (χ2n) is 19.0. The van der Waals surface area contributed by atoms with Crippen molar-refractivity contribution in [3.63, 3.8) is 0 Å². The maximum absolute atomic E-state index is 12.8. The van der Waals surface area contributed by atoms with Crippen molar-refractivity contribution in [1.29, 1.82) is 0 Å². The molecule has 340 valence electrons. The Bertz CT molecular complexity index is 932. The summed E-state index contributed by atoms with van der Waals surface area (Å²) in [5.74, 6) is 5.74. The lowest BCUT2D eigenvalue weighted by atomic mass is 9.86. The van der Waals surface area contributed by atoms with Crippen LogP contribution in [0.15, 0.2) is 0 Å². The third kappa shape index (κ3) is 24.9. The van der Waals surface area contributed by atoms with Crippen LogP contribution in [0.25, 0.3) is 0 Å². The molecule has 0 bridgehead atoms. The molecular weight excluding hydrogens is 759 g/mol. The Balaban J connectivity index is 1.31. The summed E-state index contributed by atoms with van der Waals surface area (Å²) in [5, 5.41) is 10.0. The summed E-state index contributed by atoms with van der Waals surface area (Å²) in [5.41, 5.74) is 0. The van der Waals surface area contributed by atoms with Gasteiger partial charge in [-0.2, -0.15) is 23.5 Å². The molecule has 0 amide bonds. The highest BCUT2D eigenvalue weighted by atomic mass is 32.2. The first-order valence-corrected chi connectivity index (χ1v) is 27.6. The molecule has 3 rings (SSSR count). The number of nitrogens with zero attached hydrogens (tertiary/aromatic N) is 1. The fraction of sp³-hybridized carbons (Fsp3) is 0.960. The van der Waals surface area contributed by atoms with E-state index < -0.39 is 0 Å². The lowest BCUT2D eigenvalue weighted by Crippen LogP contribution is -2.49. The number of aliphatic hydroxyl groups is 1. The summed E-state index contributed by atoms with van der Waals surface area (Å²) >= 11 is 3.99. The van der Waals surface area contributed by atoms with Gasteiger partial charge in [-0.25, -0.2) is 0 Å². The lowest BCUT2D eigenvalue weighted by molar-refractivity contribution is -0.149. The summed E-state index contributed by atoms with van der Waals surface area (Å²) < 4.78 is 12.2. The molecule has 3 saturated carbocycles. The first-order chi connectivity index (χ1) is 28.4. The quantitative estimate of drug-likeness (QED) is 0.0493. The largest absolute Gasteiger partial charge is 0.461 e. The zero-order valence-corrected chi connectivity index (χ0v) is 39.9. The van der Waals surface area contributed by atoms with E-state index in [0.717, 1.165) is 86.2 Å². The van der Waals surface area contributed by atoms with E-state index in [2.05, 4.69) is 25.8 Å². The number of hydrogen-bond donors (Lipinski definition) is 1. The van der Waals surface area contributed by atoms with Gasteiger partial charge in [0.2, 0.25) is 0 Å². The maximum Gasteiger partial charge on any atom is 0.306 e. The van der Waals surface area contributed by atoms with Crippen molar-refractivity contribution >= 4 is 35.5 Å². The van der Waals surface area contributed by atoms with Gasteiger partial charge >= 0.3 is 11.9 Å². The Morgan fingerprint density at radius 3 is 1.41 bits per heavy atom. The lowest BCUT2D eigenvalue weighted by Gasteiger charge is -2.43. The number of carbonyl (C=O) groups excluding carboxylic acids is 2. The number of carbonyl (C=O) groups is 2. The number of esters is 2. The van der Waals surface area contributed by atoms with Crippen molar-refractivity contribution in [2.24, 2.45) is 11.8 Å². The molecule has 0 aromatic carbocycles. The molecular formula is C50H93NO5S2. The van der Waals surface area contributed by atoms with Gasteiger partial charge in [0.15, 0.2) is 0 Å². The van der Waals surface area contributed by atoms with Crippen molar-refractivity contribution in [1.82, 2.24) is 4.90 Å². The van der Waals surface area contributed by atoms with Gasteiger partial charge in [-0.3, -0.25) is 9.59 Å². The molecule has 2 unspecified atom stereocenters. The molecule has 0 aliphatic heterocycles. The Labute approximate surface area is 367 Å². The predicted molar refractivity (Wildman–Crippen MR) is 251 cm³/mol. The van der Waals surface area contributed by atoms with Crippen LogP contribution < -0.4 is 0 Å². The summed E-state index contributed by atoms with van der Waals surface area (Å²) in [6.07, 6.45) is 40.2. The van der Waals surface area contributed by atoms with Crippen LogP contribution in [0.1, 0.15) is 232 Å². The average molecular weight is 852 g/mol. The van der Waals surface area contributed by atoms with Crippen LogP contribution in [0.5, 0.6) is 0 Å². The van der Waals surface area contributed by atoms with Crippen molar-refractivity contribution in [3.05, 3.63) is 0 Å². The fourth-order valence-corrected chi connectivity index (χ4v) is 11.9. The molecule has 2 atom stereocenters. The fourth-order valence-electron chi connectivity index (χ4n) is 9.73. The van der Waals surface area contributed by atoms with Crippen LogP contribution >= 0.6 is 23.5 Å². The van der Waals surface area contributed by atoms with Crippen LogP contribution in [0.4, 0.5) is 0 Å². The molecule has 3 aliphatic rings. The summed E-state index contributed by atoms with van der Waals surface area (Å²) in [6, 6.07) is 1.13. The van der Waals surface area contributed by atoms with E-state index in [-0.39, 0.29) is 30.3 Å². The van der Waals surface area contributed by atoms with Crippen molar-refractivity contribution in [2.75, 3.05) is 30.1 Å². The van der Waals surface area contributed by atoms with Gasteiger partial charge in [0.1, 0.15) is 12.2 Å². The number of rotatable bonds is 36. The van der Waals surface area contributed by atoms with Gasteiger partial charge in [-0.15, -0.1) is 0 Å². The van der Waals surface area contributed by atoms with Crippen molar-refractivity contribution < 1.29 is 24.2 Å². The third-order valence-corrected chi connectivity index (χ3v) is 16.2. The van der Waals surface area contributed by atoms with E-state index in [9.17, 15) is 14.7 Å². The highest BCUT2D eigenvalue weighted by Gasteiger charge is 2.33. The van der Waals surface area contributed by atoms with Crippen LogP contribution in [0, 0.1) is 11.8 Å². The minimum Gasteiger partial charge on any atom is -0.461 e. The second-order valence-corrected chi connectivity index (χ2v) is 21.3. The molecule has 0 radical (unpaired) electrons. The normalized spacial score (nSPS) is 20.8. The van der Waals surface area contributed by atoms with Gasteiger partial charge in [0, 0.05) is 36.4 Å². The van der Waals surface area contributed by atoms with E-state index in [1.807, 2.05) is 23.5 Å². The van der Waals surface area contributed by atoms with E-state index in [1.54, 1.807) is 0 Å². The molecule has 1 N–H and O–H groups in total. The highest BCUT2D eigenvalue weighted by molar-refractivity contribution is 7.99. The van der Waals surface area contributed by atoms with Crippen LogP contribution in [-0.2, 0) is 19.1 Å². The van der Waals surface area contributed by atoms with E-state index >= 15 is 0 Å². The van der Waals surface area contributed by atoms with Crippen LogP contribution in [0.3, 0.4) is 0 Å². The summed E-state index contributed by atoms with van der Waals surface area (Å²) in [7, 11) is 2.31. The molecule has 3 aliphatic carbocycles. The Morgan fingerprint density at radius 2 is 1.00 bits per heavy atom. The number of ether oxygens (including phenoxy) is 2. The van der Waals surface area contributed by atoms with Crippen molar-refractivity contribution in [2.45, 2.75) is 263 Å². The Kier molecular flexibility index (Phi) is 30.5. The molecule has 0 aromatic rings. The Hall–Kier alpha value is -0.440. The molecule has 0 spiro atoms. The number of hydrogen-bond acceptors (Lipinski definition) is 8.